The van der Waals surface area contributed by atoms with Gasteiger partial charge in [0.15, 0.2) is 0 Å². The molecule has 2 aromatic carbocycles. The Morgan fingerprint density at radius 3 is 2.52 bits per heavy atom. The Balaban J connectivity index is 2.17. The zero-order valence-corrected chi connectivity index (χ0v) is 11.7. The second-order valence-electron chi connectivity index (χ2n) is 4.65. The number of nitro benzene ring substituents is 1. The molecule has 5 heteroatoms. The van der Waals surface area contributed by atoms with E-state index >= 15 is 0 Å². The van der Waals surface area contributed by atoms with Gasteiger partial charge in [-0.25, -0.2) is 0 Å². The molecule has 1 amide bonds. The highest BCUT2D eigenvalue weighted by atomic mass is 16.6. The van der Waals surface area contributed by atoms with Gasteiger partial charge in [0.25, 0.3) is 11.6 Å². The maximum Gasteiger partial charge on any atom is 0.270 e. The zero-order chi connectivity index (χ0) is 15.2. The summed E-state index contributed by atoms with van der Waals surface area (Å²) in [5.74, 6) is -0.311. The molecule has 0 spiro atoms. The Hall–Kier alpha value is -2.69. The molecule has 2 rings (SSSR count). The molecule has 1 atom stereocenters. The van der Waals surface area contributed by atoms with Gasteiger partial charge in [0.2, 0.25) is 0 Å². The summed E-state index contributed by atoms with van der Waals surface area (Å²) in [4.78, 5) is 22.5. The minimum absolute atomic E-state index is 0.0876. The van der Waals surface area contributed by atoms with Crippen LogP contribution < -0.4 is 5.32 Å². The van der Waals surface area contributed by atoms with E-state index in [1.54, 1.807) is 6.07 Å². The van der Waals surface area contributed by atoms with Crippen molar-refractivity contribution >= 4 is 11.6 Å². The quantitative estimate of drug-likeness (QED) is 0.675. The second kappa shape index (κ2) is 6.65. The molecule has 0 fully saturated rings. The first-order valence-corrected chi connectivity index (χ1v) is 6.72. The summed E-state index contributed by atoms with van der Waals surface area (Å²) in [6.45, 7) is 1.98. The summed E-state index contributed by atoms with van der Waals surface area (Å²) in [6, 6.07) is 15.3. The molecule has 0 aliphatic rings. The summed E-state index contributed by atoms with van der Waals surface area (Å²) in [7, 11) is 0. The molecular formula is C16H16N2O3. The third-order valence-corrected chi connectivity index (χ3v) is 3.23. The van der Waals surface area contributed by atoms with E-state index in [0.29, 0.717) is 5.56 Å². The molecule has 0 heterocycles. The molecule has 5 nitrogen and oxygen atoms in total. The summed E-state index contributed by atoms with van der Waals surface area (Å²) < 4.78 is 0. The molecule has 0 saturated carbocycles. The number of nitro groups is 1. The van der Waals surface area contributed by atoms with E-state index in [1.807, 2.05) is 37.3 Å². The second-order valence-corrected chi connectivity index (χ2v) is 4.65. The van der Waals surface area contributed by atoms with E-state index < -0.39 is 4.92 Å². The van der Waals surface area contributed by atoms with Gasteiger partial charge in [0.05, 0.1) is 11.0 Å². The number of amides is 1. The predicted molar refractivity (Wildman–Crippen MR) is 80.0 cm³/mol. The van der Waals surface area contributed by atoms with Crippen molar-refractivity contribution in [1.82, 2.24) is 5.32 Å². The van der Waals surface area contributed by atoms with Gasteiger partial charge in [-0.3, -0.25) is 14.9 Å². The van der Waals surface area contributed by atoms with Gasteiger partial charge in [0.1, 0.15) is 0 Å². The molecule has 0 aromatic heterocycles. The SMILES string of the molecule is CC[C@@H](NC(=O)c1cccc([N+](=O)[O-])c1)c1ccccc1. The van der Waals surface area contributed by atoms with Crippen molar-refractivity contribution < 1.29 is 9.72 Å². The van der Waals surface area contributed by atoms with Crippen molar-refractivity contribution in [3.8, 4) is 0 Å². The maximum atomic E-state index is 12.2. The van der Waals surface area contributed by atoms with E-state index in [2.05, 4.69) is 5.32 Å². The average Bonchev–Trinajstić information content (AvgIpc) is 2.53. The van der Waals surface area contributed by atoms with Crippen LogP contribution in [0.3, 0.4) is 0 Å². The van der Waals surface area contributed by atoms with E-state index in [9.17, 15) is 14.9 Å². The van der Waals surface area contributed by atoms with Crippen LogP contribution in [0.15, 0.2) is 54.6 Å². The van der Waals surface area contributed by atoms with Gasteiger partial charge in [-0.15, -0.1) is 0 Å². The van der Waals surface area contributed by atoms with Crippen LogP contribution in [0.2, 0.25) is 0 Å². The Bertz CT molecular complexity index is 641. The minimum atomic E-state index is -0.509. The number of hydrogen-bond donors (Lipinski definition) is 1. The fourth-order valence-corrected chi connectivity index (χ4v) is 2.11. The summed E-state index contributed by atoms with van der Waals surface area (Å²) in [5, 5.41) is 13.7. The normalized spacial score (nSPS) is 11.7. The lowest BCUT2D eigenvalue weighted by Crippen LogP contribution is -2.28. The van der Waals surface area contributed by atoms with Crippen LogP contribution in [0.1, 0.15) is 35.3 Å². The fraction of sp³-hybridized carbons (Fsp3) is 0.188. The first kappa shape index (κ1) is 14.7. The maximum absolute atomic E-state index is 12.2. The molecule has 0 bridgehead atoms. The van der Waals surface area contributed by atoms with Gasteiger partial charge in [-0.2, -0.15) is 0 Å². The van der Waals surface area contributed by atoms with Crippen molar-refractivity contribution in [2.45, 2.75) is 19.4 Å². The van der Waals surface area contributed by atoms with Gasteiger partial charge in [0, 0.05) is 17.7 Å². The highest BCUT2D eigenvalue weighted by Crippen LogP contribution is 2.18. The lowest BCUT2D eigenvalue weighted by Gasteiger charge is -2.17. The van der Waals surface area contributed by atoms with Gasteiger partial charge < -0.3 is 5.32 Å². The standard InChI is InChI=1S/C16H16N2O3/c1-2-15(12-7-4-3-5-8-12)17-16(19)13-9-6-10-14(11-13)18(20)21/h3-11,15H,2H2,1H3,(H,17,19)/t15-/m1/s1. The number of nitrogens with zero attached hydrogens (tertiary/aromatic N) is 1. The molecule has 21 heavy (non-hydrogen) atoms. The van der Waals surface area contributed by atoms with Crippen LogP contribution in [0.4, 0.5) is 5.69 Å². The van der Waals surface area contributed by atoms with Crippen molar-refractivity contribution in [2.24, 2.45) is 0 Å². The molecule has 108 valence electrons. The molecular weight excluding hydrogens is 268 g/mol. The van der Waals surface area contributed by atoms with Gasteiger partial charge in [-0.1, -0.05) is 43.3 Å². The molecule has 0 aliphatic carbocycles. The largest absolute Gasteiger partial charge is 0.345 e. The first-order chi connectivity index (χ1) is 10.1. The smallest absolute Gasteiger partial charge is 0.270 e. The van der Waals surface area contributed by atoms with Crippen molar-refractivity contribution in [2.75, 3.05) is 0 Å². The number of rotatable bonds is 5. The number of carbonyl (C=O) groups excluding carboxylic acids is 1. The molecule has 0 aliphatic heterocycles. The summed E-state index contributed by atoms with van der Waals surface area (Å²) >= 11 is 0. The van der Waals surface area contributed by atoms with E-state index in [1.165, 1.54) is 18.2 Å². The van der Waals surface area contributed by atoms with Crippen LogP contribution in [-0.2, 0) is 0 Å². The average molecular weight is 284 g/mol. The van der Waals surface area contributed by atoms with Crippen molar-refractivity contribution in [3.05, 3.63) is 75.8 Å². The van der Waals surface area contributed by atoms with Gasteiger partial charge >= 0.3 is 0 Å². The highest BCUT2D eigenvalue weighted by Gasteiger charge is 2.16. The molecule has 0 unspecified atom stereocenters. The van der Waals surface area contributed by atoms with Crippen molar-refractivity contribution in [1.29, 1.82) is 0 Å². The zero-order valence-electron chi connectivity index (χ0n) is 11.7. The van der Waals surface area contributed by atoms with Gasteiger partial charge in [-0.05, 0) is 18.1 Å². The van der Waals surface area contributed by atoms with Crippen LogP contribution in [0, 0.1) is 10.1 Å². The number of hydrogen-bond acceptors (Lipinski definition) is 3. The third kappa shape index (κ3) is 3.66. The lowest BCUT2D eigenvalue weighted by atomic mass is 10.0. The highest BCUT2D eigenvalue weighted by molar-refractivity contribution is 5.95. The fourth-order valence-electron chi connectivity index (χ4n) is 2.11. The number of non-ortho nitro benzene ring substituents is 1. The van der Waals surface area contributed by atoms with Crippen molar-refractivity contribution in [3.63, 3.8) is 0 Å². The molecule has 0 radical (unpaired) electrons. The van der Waals surface area contributed by atoms with E-state index in [0.717, 1.165) is 12.0 Å². The first-order valence-electron chi connectivity index (χ1n) is 6.72. The lowest BCUT2D eigenvalue weighted by molar-refractivity contribution is -0.384. The van der Waals surface area contributed by atoms with Crippen LogP contribution in [0.5, 0.6) is 0 Å². The summed E-state index contributed by atoms with van der Waals surface area (Å²) in [5.41, 5.74) is 1.22. The number of carbonyl (C=O) groups is 1. The minimum Gasteiger partial charge on any atom is -0.345 e. The number of benzene rings is 2. The third-order valence-electron chi connectivity index (χ3n) is 3.23. The van der Waals surface area contributed by atoms with Crippen LogP contribution in [0.25, 0.3) is 0 Å². The molecule has 0 saturated heterocycles. The Morgan fingerprint density at radius 2 is 1.90 bits per heavy atom. The summed E-state index contributed by atoms with van der Waals surface area (Å²) in [6.07, 6.45) is 0.741. The van der Waals surface area contributed by atoms with E-state index in [4.69, 9.17) is 0 Å². The predicted octanol–water partition coefficient (Wildman–Crippen LogP) is 3.48. The Labute approximate surface area is 122 Å². The monoisotopic (exact) mass is 284 g/mol. The number of nitrogens with one attached hydrogen (secondary N) is 1. The van der Waals surface area contributed by atoms with E-state index in [-0.39, 0.29) is 17.6 Å². The topological polar surface area (TPSA) is 72.2 Å². The van der Waals surface area contributed by atoms with Crippen LogP contribution in [-0.4, -0.2) is 10.8 Å². The Morgan fingerprint density at radius 1 is 1.19 bits per heavy atom. The van der Waals surface area contributed by atoms with Crippen LogP contribution >= 0.6 is 0 Å². The Kier molecular flexibility index (Phi) is 4.66. The molecule has 1 N–H and O–H groups in total. The molecule has 2 aromatic rings.